The topological polar surface area (TPSA) is 41.1 Å². The van der Waals surface area contributed by atoms with E-state index in [1.807, 2.05) is 0 Å². The highest BCUT2D eigenvalue weighted by Crippen LogP contribution is 2.16. The molecule has 0 saturated carbocycles. The maximum Gasteiger partial charge on any atom is 0.225 e. The van der Waals surface area contributed by atoms with Crippen molar-refractivity contribution in [2.45, 2.75) is 6.42 Å². The first-order valence-electron chi connectivity index (χ1n) is 5.59. The molecular weight excluding hydrogens is 287 g/mol. The Hall–Kier alpha value is -0.940. The molecule has 2 N–H and O–H groups in total. The predicted molar refractivity (Wildman–Crippen MR) is 67.2 cm³/mol. The van der Waals surface area contributed by atoms with Crippen LogP contribution in [0, 0.1) is 11.7 Å². The number of benzene rings is 1. The summed E-state index contributed by atoms with van der Waals surface area (Å²) in [7, 11) is 0. The van der Waals surface area contributed by atoms with Gasteiger partial charge in [-0.25, -0.2) is 4.39 Å². The monoisotopic (exact) mass is 300 g/mol. The largest absolute Gasteiger partial charge is 0.355 e. The van der Waals surface area contributed by atoms with E-state index in [0.717, 1.165) is 18.7 Å². The van der Waals surface area contributed by atoms with Crippen molar-refractivity contribution < 1.29 is 9.18 Å². The first-order valence-corrected chi connectivity index (χ1v) is 6.38. The second-order valence-corrected chi connectivity index (χ2v) is 5.00. The molecule has 1 aliphatic heterocycles. The van der Waals surface area contributed by atoms with Crippen LogP contribution < -0.4 is 10.6 Å². The Morgan fingerprint density at radius 3 is 2.88 bits per heavy atom. The van der Waals surface area contributed by atoms with E-state index < -0.39 is 0 Å². The third-order valence-electron chi connectivity index (χ3n) is 2.85. The number of carbonyl (C=O) groups is 1. The van der Waals surface area contributed by atoms with Gasteiger partial charge in [-0.2, -0.15) is 0 Å². The van der Waals surface area contributed by atoms with Gasteiger partial charge in [0.2, 0.25) is 5.91 Å². The van der Waals surface area contributed by atoms with Gasteiger partial charge in [-0.3, -0.25) is 4.79 Å². The molecule has 1 saturated heterocycles. The van der Waals surface area contributed by atoms with E-state index in [9.17, 15) is 9.18 Å². The standard InChI is InChI=1S/C12H14BrFN2O/c13-10-5-8(1-2-11(10)14)3-4-16-12(17)9-6-15-7-9/h1-2,5,9,15H,3-4,6-7H2,(H,16,17). The van der Waals surface area contributed by atoms with Crippen molar-refractivity contribution in [3.05, 3.63) is 34.1 Å². The van der Waals surface area contributed by atoms with E-state index in [0.29, 0.717) is 17.4 Å². The molecule has 3 nitrogen and oxygen atoms in total. The molecule has 1 heterocycles. The SMILES string of the molecule is O=C(NCCc1ccc(F)c(Br)c1)C1CNC1. The fourth-order valence-corrected chi connectivity index (χ4v) is 2.07. The molecule has 1 amide bonds. The number of hydrogen-bond donors (Lipinski definition) is 2. The maximum atomic E-state index is 13.0. The van der Waals surface area contributed by atoms with Crippen LogP contribution in [-0.4, -0.2) is 25.5 Å². The summed E-state index contributed by atoms with van der Waals surface area (Å²) >= 11 is 3.14. The fourth-order valence-electron chi connectivity index (χ4n) is 1.64. The summed E-state index contributed by atoms with van der Waals surface area (Å²) < 4.78 is 13.4. The molecule has 0 atom stereocenters. The van der Waals surface area contributed by atoms with Crippen molar-refractivity contribution in [1.29, 1.82) is 0 Å². The van der Waals surface area contributed by atoms with Crippen molar-refractivity contribution in [3.8, 4) is 0 Å². The fraction of sp³-hybridized carbons (Fsp3) is 0.417. The summed E-state index contributed by atoms with van der Waals surface area (Å²) in [5.74, 6) is -0.0433. The third-order valence-corrected chi connectivity index (χ3v) is 3.46. The van der Waals surface area contributed by atoms with E-state index in [1.54, 1.807) is 12.1 Å². The average Bonchev–Trinajstić information content (AvgIpc) is 2.21. The number of amides is 1. The highest BCUT2D eigenvalue weighted by Gasteiger charge is 2.23. The second kappa shape index (κ2) is 5.60. The number of nitrogens with one attached hydrogen (secondary N) is 2. The molecule has 92 valence electrons. The van der Waals surface area contributed by atoms with Crippen LogP contribution in [0.3, 0.4) is 0 Å². The Bertz CT molecular complexity index is 421. The van der Waals surface area contributed by atoms with Crippen LogP contribution >= 0.6 is 15.9 Å². The maximum absolute atomic E-state index is 13.0. The Labute approximate surface area is 108 Å². The van der Waals surface area contributed by atoms with E-state index in [-0.39, 0.29) is 17.6 Å². The summed E-state index contributed by atoms with van der Waals surface area (Å²) in [6.07, 6.45) is 0.713. The Balaban J connectivity index is 1.77. The van der Waals surface area contributed by atoms with Crippen molar-refractivity contribution in [2.75, 3.05) is 19.6 Å². The molecule has 17 heavy (non-hydrogen) atoms. The lowest BCUT2D eigenvalue weighted by Crippen LogP contribution is -2.51. The van der Waals surface area contributed by atoms with E-state index in [4.69, 9.17) is 0 Å². The Morgan fingerprint density at radius 2 is 2.29 bits per heavy atom. The summed E-state index contributed by atoms with van der Waals surface area (Å²) in [6.45, 7) is 2.13. The molecule has 2 rings (SSSR count). The van der Waals surface area contributed by atoms with Gasteiger partial charge in [-0.1, -0.05) is 6.07 Å². The number of halogens is 2. The minimum Gasteiger partial charge on any atom is -0.355 e. The summed E-state index contributed by atoms with van der Waals surface area (Å²) in [6, 6.07) is 4.90. The first-order chi connectivity index (χ1) is 8.16. The zero-order chi connectivity index (χ0) is 12.3. The lowest BCUT2D eigenvalue weighted by molar-refractivity contribution is -0.126. The van der Waals surface area contributed by atoms with Crippen LogP contribution in [0.2, 0.25) is 0 Å². The first kappa shape index (κ1) is 12.5. The number of hydrogen-bond acceptors (Lipinski definition) is 2. The molecule has 0 radical (unpaired) electrons. The summed E-state index contributed by atoms with van der Waals surface area (Å²) in [4.78, 5) is 11.5. The zero-order valence-electron chi connectivity index (χ0n) is 9.30. The lowest BCUT2D eigenvalue weighted by Gasteiger charge is -2.25. The highest BCUT2D eigenvalue weighted by molar-refractivity contribution is 9.10. The molecule has 0 aliphatic carbocycles. The van der Waals surface area contributed by atoms with Gasteiger partial charge < -0.3 is 10.6 Å². The van der Waals surface area contributed by atoms with Crippen LogP contribution in [-0.2, 0) is 11.2 Å². The van der Waals surface area contributed by atoms with Gasteiger partial charge >= 0.3 is 0 Å². The van der Waals surface area contributed by atoms with Gasteiger partial charge in [-0.05, 0) is 40.0 Å². The highest BCUT2D eigenvalue weighted by atomic mass is 79.9. The van der Waals surface area contributed by atoms with Gasteiger partial charge in [-0.15, -0.1) is 0 Å². The Morgan fingerprint density at radius 1 is 1.53 bits per heavy atom. The number of rotatable bonds is 4. The molecular formula is C12H14BrFN2O. The normalized spacial score (nSPS) is 15.4. The second-order valence-electron chi connectivity index (χ2n) is 4.14. The molecule has 1 aromatic rings. The molecule has 1 fully saturated rings. The molecule has 0 unspecified atom stereocenters. The summed E-state index contributed by atoms with van der Waals surface area (Å²) in [5, 5.41) is 5.93. The molecule has 0 aromatic heterocycles. The molecule has 5 heteroatoms. The molecule has 0 spiro atoms. The summed E-state index contributed by atoms with van der Waals surface area (Å²) in [5.41, 5.74) is 1.00. The zero-order valence-corrected chi connectivity index (χ0v) is 10.9. The van der Waals surface area contributed by atoms with Gasteiger partial charge in [0.05, 0.1) is 10.4 Å². The van der Waals surface area contributed by atoms with Crippen molar-refractivity contribution in [3.63, 3.8) is 0 Å². The third kappa shape index (κ3) is 3.26. The van der Waals surface area contributed by atoms with Crippen molar-refractivity contribution >= 4 is 21.8 Å². The Kier molecular flexibility index (Phi) is 4.12. The van der Waals surface area contributed by atoms with Crippen LogP contribution in [0.4, 0.5) is 4.39 Å². The van der Waals surface area contributed by atoms with Crippen molar-refractivity contribution in [2.24, 2.45) is 5.92 Å². The number of carbonyl (C=O) groups excluding carboxylic acids is 1. The van der Waals surface area contributed by atoms with Gasteiger partial charge in [0.25, 0.3) is 0 Å². The van der Waals surface area contributed by atoms with E-state index in [1.165, 1.54) is 6.07 Å². The molecule has 1 aliphatic rings. The van der Waals surface area contributed by atoms with Crippen LogP contribution in [0.25, 0.3) is 0 Å². The van der Waals surface area contributed by atoms with Crippen LogP contribution in [0.15, 0.2) is 22.7 Å². The average molecular weight is 301 g/mol. The molecule has 1 aromatic carbocycles. The molecule has 0 bridgehead atoms. The van der Waals surface area contributed by atoms with Gasteiger partial charge in [0.15, 0.2) is 0 Å². The minimum atomic E-state index is -0.265. The van der Waals surface area contributed by atoms with E-state index >= 15 is 0 Å². The van der Waals surface area contributed by atoms with E-state index in [2.05, 4.69) is 26.6 Å². The quantitative estimate of drug-likeness (QED) is 0.884. The van der Waals surface area contributed by atoms with Crippen LogP contribution in [0.5, 0.6) is 0 Å². The smallest absolute Gasteiger partial charge is 0.225 e. The minimum absolute atomic E-state index is 0.102. The van der Waals surface area contributed by atoms with Crippen molar-refractivity contribution in [1.82, 2.24) is 10.6 Å². The van der Waals surface area contributed by atoms with Gasteiger partial charge in [0.1, 0.15) is 5.82 Å². The predicted octanol–water partition coefficient (Wildman–Crippen LogP) is 1.47. The van der Waals surface area contributed by atoms with Crippen LogP contribution in [0.1, 0.15) is 5.56 Å². The van der Waals surface area contributed by atoms with Gasteiger partial charge in [0, 0.05) is 19.6 Å². The lowest BCUT2D eigenvalue weighted by atomic mass is 10.0.